The average Bonchev–Trinajstić information content (AvgIpc) is 2.94. The summed E-state index contributed by atoms with van der Waals surface area (Å²) in [4.78, 5) is 37.7. The molecular weight excluding hydrogens is 420 g/mol. The van der Waals surface area contributed by atoms with E-state index in [9.17, 15) is 28.3 Å². The Labute approximate surface area is 184 Å². The van der Waals surface area contributed by atoms with Crippen LogP contribution in [0.15, 0.2) is 48.5 Å². The summed E-state index contributed by atoms with van der Waals surface area (Å²) in [6, 6.07) is 9.69. The molecule has 1 aliphatic heterocycles. The number of nitrogens with one attached hydrogen (secondary N) is 3. The van der Waals surface area contributed by atoms with Gasteiger partial charge in [0, 0.05) is 18.5 Å². The van der Waals surface area contributed by atoms with Crippen LogP contribution in [-0.4, -0.2) is 41.5 Å². The number of halogens is 2. The Balaban J connectivity index is 1.68. The molecule has 170 valence electrons. The van der Waals surface area contributed by atoms with Crippen molar-refractivity contribution < 1.29 is 28.3 Å². The topological polar surface area (TPSA) is 108 Å². The zero-order chi connectivity index (χ0) is 23.3. The first-order valence-corrected chi connectivity index (χ1v) is 10.3. The lowest BCUT2D eigenvalue weighted by atomic mass is 9.87. The molecular formula is C23H25F2N3O4. The molecule has 1 fully saturated rings. The van der Waals surface area contributed by atoms with Crippen LogP contribution in [-0.2, 0) is 14.4 Å². The first-order valence-electron chi connectivity index (χ1n) is 10.3. The van der Waals surface area contributed by atoms with Crippen LogP contribution < -0.4 is 16.0 Å². The van der Waals surface area contributed by atoms with Crippen molar-refractivity contribution in [2.75, 3.05) is 6.54 Å². The Hall–Kier alpha value is -3.33. The highest BCUT2D eigenvalue weighted by Gasteiger charge is 2.34. The fraction of sp³-hybridized carbons (Fsp3) is 0.348. The number of hydrogen-bond donors (Lipinski definition) is 4. The summed E-state index contributed by atoms with van der Waals surface area (Å²) < 4.78 is 26.7. The molecule has 0 spiro atoms. The summed E-state index contributed by atoms with van der Waals surface area (Å²) in [6.45, 7) is 1.88. The highest BCUT2D eigenvalue weighted by atomic mass is 19.1. The van der Waals surface area contributed by atoms with Crippen LogP contribution in [0.3, 0.4) is 0 Å². The van der Waals surface area contributed by atoms with E-state index < -0.39 is 41.6 Å². The number of aliphatic hydroxyl groups excluding tert-OH is 1. The van der Waals surface area contributed by atoms with Crippen molar-refractivity contribution >= 4 is 17.7 Å². The number of carbonyl (C=O) groups is 3. The van der Waals surface area contributed by atoms with Gasteiger partial charge in [-0.25, -0.2) is 8.78 Å². The zero-order valence-electron chi connectivity index (χ0n) is 17.5. The van der Waals surface area contributed by atoms with Crippen molar-refractivity contribution in [3.8, 4) is 0 Å². The lowest BCUT2D eigenvalue weighted by Crippen LogP contribution is -2.54. The van der Waals surface area contributed by atoms with Gasteiger partial charge < -0.3 is 21.1 Å². The average molecular weight is 445 g/mol. The number of amides is 3. The van der Waals surface area contributed by atoms with Gasteiger partial charge in [-0.15, -0.1) is 0 Å². The van der Waals surface area contributed by atoms with E-state index in [0.29, 0.717) is 19.0 Å². The molecule has 4 atom stereocenters. The Kier molecular flexibility index (Phi) is 7.53. The predicted molar refractivity (Wildman–Crippen MR) is 112 cm³/mol. The van der Waals surface area contributed by atoms with Crippen molar-refractivity contribution in [3.63, 3.8) is 0 Å². The van der Waals surface area contributed by atoms with Crippen LogP contribution in [0, 0.1) is 11.6 Å². The van der Waals surface area contributed by atoms with E-state index in [-0.39, 0.29) is 17.4 Å². The van der Waals surface area contributed by atoms with Crippen LogP contribution in [0.1, 0.15) is 42.9 Å². The van der Waals surface area contributed by atoms with Gasteiger partial charge in [0.05, 0.1) is 0 Å². The van der Waals surface area contributed by atoms with Gasteiger partial charge >= 0.3 is 0 Å². The minimum Gasteiger partial charge on any atom is -0.378 e. The predicted octanol–water partition coefficient (Wildman–Crippen LogP) is 1.68. The monoisotopic (exact) mass is 445 g/mol. The lowest BCUT2D eigenvalue weighted by molar-refractivity contribution is -0.135. The van der Waals surface area contributed by atoms with E-state index in [1.165, 1.54) is 6.92 Å². The molecule has 2 aromatic carbocycles. The van der Waals surface area contributed by atoms with Crippen molar-refractivity contribution in [3.05, 3.63) is 71.3 Å². The normalized spacial score (nSPS) is 20.4. The Bertz CT molecular complexity index is 966. The Morgan fingerprint density at radius 3 is 2.41 bits per heavy atom. The number of hydrogen-bond acceptors (Lipinski definition) is 4. The van der Waals surface area contributed by atoms with Crippen LogP contribution in [0.5, 0.6) is 0 Å². The van der Waals surface area contributed by atoms with Crippen LogP contribution >= 0.6 is 0 Å². The minimum absolute atomic E-state index is 0.244. The summed E-state index contributed by atoms with van der Waals surface area (Å²) in [6.07, 6.45) is -0.438. The summed E-state index contributed by atoms with van der Waals surface area (Å²) in [5, 5.41) is 17.9. The van der Waals surface area contributed by atoms with Gasteiger partial charge in [-0.05, 0) is 43.0 Å². The molecule has 0 radical (unpaired) electrons. The second-order valence-electron chi connectivity index (χ2n) is 7.77. The maximum atomic E-state index is 13.4. The number of carbonyl (C=O) groups excluding carboxylic acids is 3. The van der Waals surface area contributed by atoms with Gasteiger partial charge in [-0.3, -0.25) is 14.4 Å². The molecule has 0 saturated carbocycles. The molecule has 0 aliphatic carbocycles. The van der Waals surface area contributed by atoms with E-state index >= 15 is 0 Å². The molecule has 3 rings (SSSR count). The van der Waals surface area contributed by atoms with Crippen LogP contribution in [0.25, 0.3) is 0 Å². The van der Waals surface area contributed by atoms with Gasteiger partial charge in [0.2, 0.25) is 11.8 Å². The largest absolute Gasteiger partial charge is 0.378 e. The highest BCUT2D eigenvalue weighted by Crippen LogP contribution is 2.27. The van der Waals surface area contributed by atoms with Gasteiger partial charge in [0.1, 0.15) is 23.7 Å². The SMILES string of the molecule is C[C@H](NC(=O)[C@H](O)c1cc(F)cc(F)c1)C(=O)N[C@@H]1C(=O)NCCC[C@H]1c1ccccc1. The molecule has 1 aliphatic rings. The number of aliphatic hydroxyl groups is 1. The Morgan fingerprint density at radius 1 is 1.09 bits per heavy atom. The molecule has 1 heterocycles. The zero-order valence-corrected chi connectivity index (χ0v) is 17.5. The van der Waals surface area contributed by atoms with E-state index in [0.717, 1.165) is 24.1 Å². The molecule has 0 aromatic heterocycles. The van der Waals surface area contributed by atoms with Gasteiger partial charge in [-0.2, -0.15) is 0 Å². The quantitative estimate of drug-likeness (QED) is 0.543. The number of rotatable bonds is 6. The first kappa shape index (κ1) is 23.3. The van der Waals surface area contributed by atoms with Gasteiger partial charge in [0.25, 0.3) is 5.91 Å². The third kappa shape index (κ3) is 5.67. The molecule has 4 N–H and O–H groups in total. The summed E-state index contributed by atoms with van der Waals surface area (Å²) >= 11 is 0. The summed E-state index contributed by atoms with van der Waals surface area (Å²) in [7, 11) is 0. The molecule has 1 saturated heterocycles. The van der Waals surface area contributed by atoms with Gasteiger partial charge in [-0.1, -0.05) is 30.3 Å². The van der Waals surface area contributed by atoms with Crippen molar-refractivity contribution in [2.24, 2.45) is 0 Å². The number of benzene rings is 2. The third-order valence-corrected chi connectivity index (χ3v) is 5.40. The van der Waals surface area contributed by atoms with Crippen molar-refractivity contribution in [1.29, 1.82) is 0 Å². The fourth-order valence-electron chi connectivity index (χ4n) is 3.74. The van der Waals surface area contributed by atoms with Gasteiger partial charge in [0.15, 0.2) is 6.10 Å². The molecule has 3 amide bonds. The van der Waals surface area contributed by atoms with Crippen molar-refractivity contribution in [1.82, 2.24) is 16.0 Å². The lowest BCUT2D eigenvalue weighted by Gasteiger charge is -2.27. The maximum absolute atomic E-state index is 13.4. The summed E-state index contributed by atoms with van der Waals surface area (Å²) in [5.41, 5.74) is 0.634. The van der Waals surface area contributed by atoms with Crippen LogP contribution in [0.4, 0.5) is 8.78 Å². The smallest absolute Gasteiger partial charge is 0.254 e. The second-order valence-corrected chi connectivity index (χ2v) is 7.77. The third-order valence-electron chi connectivity index (χ3n) is 5.40. The fourth-order valence-corrected chi connectivity index (χ4v) is 3.74. The highest BCUT2D eigenvalue weighted by molar-refractivity contribution is 5.93. The standard InChI is InChI=1S/C23H25F2N3O4/c1-13(27-23(32)20(29)15-10-16(24)12-17(25)11-15)21(30)28-19-18(8-5-9-26-22(19)31)14-6-3-2-4-7-14/h2-4,6-7,10-13,18-20,29H,5,8-9H2,1H3,(H,26,31)(H,27,32)(H,28,30)/t13-,18-,19-,20+/m0/s1. The van der Waals surface area contributed by atoms with E-state index in [2.05, 4.69) is 16.0 Å². The van der Waals surface area contributed by atoms with Crippen molar-refractivity contribution in [2.45, 2.75) is 43.9 Å². The Morgan fingerprint density at radius 2 is 1.75 bits per heavy atom. The minimum atomic E-state index is -1.87. The second kappa shape index (κ2) is 10.3. The van der Waals surface area contributed by atoms with E-state index in [1.54, 1.807) is 0 Å². The van der Waals surface area contributed by atoms with Crippen LogP contribution in [0.2, 0.25) is 0 Å². The maximum Gasteiger partial charge on any atom is 0.254 e. The molecule has 32 heavy (non-hydrogen) atoms. The molecule has 2 aromatic rings. The molecule has 0 bridgehead atoms. The molecule has 7 nitrogen and oxygen atoms in total. The van der Waals surface area contributed by atoms with E-state index in [1.807, 2.05) is 30.3 Å². The summed E-state index contributed by atoms with van der Waals surface area (Å²) in [5.74, 6) is -4.07. The molecule has 0 unspecified atom stereocenters. The van der Waals surface area contributed by atoms with E-state index in [4.69, 9.17) is 0 Å². The first-order chi connectivity index (χ1) is 15.3. The molecule has 9 heteroatoms.